The molecule has 1 aromatic rings. The Kier molecular flexibility index (Phi) is 8.15. The molecule has 1 aliphatic heterocycles. The van der Waals surface area contributed by atoms with Gasteiger partial charge in [-0.1, -0.05) is 6.42 Å². The number of halogens is 1. The number of nitrogens with zero attached hydrogens (tertiary/aromatic N) is 6. The molecule has 4 rings (SSSR count). The number of piperazine rings is 1. The number of hydrogen-bond donors (Lipinski definition) is 1. The Balaban J connectivity index is 0.00000240. The van der Waals surface area contributed by atoms with Gasteiger partial charge in [-0.15, -0.1) is 34.2 Å². The van der Waals surface area contributed by atoms with Gasteiger partial charge in [-0.3, -0.25) is 4.90 Å². The highest BCUT2D eigenvalue weighted by molar-refractivity contribution is 14.0. The summed E-state index contributed by atoms with van der Waals surface area (Å²) in [6, 6.07) is 0.837. The number of guanidine groups is 1. The van der Waals surface area contributed by atoms with E-state index < -0.39 is 0 Å². The van der Waals surface area contributed by atoms with Crippen molar-refractivity contribution in [2.45, 2.75) is 45.2 Å². The Morgan fingerprint density at radius 2 is 1.97 bits per heavy atom. The minimum Gasteiger partial charge on any atom is -0.383 e. The van der Waals surface area contributed by atoms with Crippen LogP contribution in [0.15, 0.2) is 4.99 Å². The average molecular weight is 517 g/mol. The van der Waals surface area contributed by atoms with Crippen LogP contribution in [0.3, 0.4) is 0 Å². The number of aromatic nitrogens is 3. The van der Waals surface area contributed by atoms with Crippen LogP contribution in [0.25, 0.3) is 0 Å². The molecular weight excluding hydrogens is 481 g/mol. The topological polar surface area (TPSA) is 70.8 Å². The molecule has 1 N–H and O–H groups in total. The number of ether oxygens (including phenoxy) is 1. The summed E-state index contributed by atoms with van der Waals surface area (Å²) in [5.41, 5.74) is 0. The molecule has 2 bridgehead atoms. The van der Waals surface area contributed by atoms with Gasteiger partial charge in [0.25, 0.3) is 0 Å². The van der Waals surface area contributed by atoms with Crippen molar-refractivity contribution in [3.63, 3.8) is 0 Å². The van der Waals surface area contributed by atoms with Crippen molar-refractivity contribution in [2.75, 3.05) is 46.4 Å². The molecule has 29 heavy (non-hydrogen) atoms. The third-order valence-corrected chi connectivity index (χ3v) is 6.93. The van der Waals surface area contributed by atoms with E-state index in [9.17, 15) is 0 Å². The van der Waals surface area contributed by atoms with E-state index in [4.69, 9.17) is 9.73 Å². The molecule has 9 heteroatoms. The minimum absolute atomic E-state index is 0. The predicted octanol–water partition coefficient (Wildman–Crippen LogP) is 1.64. The first kappa shape index (κ1) is 22.7. The Labute approximate surface area is 191 Å². The highest BCUT2D eigenvalue weighted by atomic mass is 127. The number of hydrogen-bond acceptors (Lipinski definition) is 5. The molecule has 2 saturated carbocycles. The normalized spacial score (nSPS) is 27.3. The lowest BCUT2D eigenvalue weighted by molar-refractivity contribution is 0.0955. The summed E-state index contributed by atoms with van der Waals surface area (Å²) in [5, 5.41) is 11.9. The first-order chi connectivity index (χ1) is 13.7. The van der Waals surface area contributed by atoms with Crippen LogP contribution in [0.5, 0.6) is 0 Å². The monoisotopic (exact) mass is 517 g/mol. The highest BCUT2D eigenvalue weighted by Gasteiger charge is 2.42. The summed E-state index contributed by atoms with van der Waals surface area (Å²) in [7, 11) is 3.72. The van der Waals surface area contributed by atoms with Crippen molar-refractivity contribution in [1.29, 1.82) is 0 Å². The minimum atomic E-state index is 0. The molecule has 2 heterocycles. The standard InChI is InChI=1S/C20H35N7O.HI/c1-15-23-24-19(25(15)2)14-22-20(21-6-11-28-3)27-9-7-26(8-10-27)18-13-16-4-5-17(18)12-16;/h16-18H,4-14H2,1-3H3,(H,21,22);1H. The molecule has 0 spiro atoms. The van der Waals surface area contributed by atoms with Crippen molar-refractivity contribution in [3.8, 4) is 0 Å². The number of aliphatic imine (C=N–C) groups is 1. The zero-order chi connectivity index (χ0) is 19.5. The molecule has 2 aliphatic carbocycles. The van der Waals surface area contributed by atoms with Gasteiger partial charge in [-0.2, -0.15) is 0 Å². The third-order valence-electron chi connectivity index (χ3n) is 6.93. The number of fused-ring (bicyclic) bond motifs is 2. The van der Waals surface area contributed by atoms with E-state index in [2.05, 4.69) is 25.3 Å². The molecule has 1 saturated heterocycles. The molecule has 3 fully saturated rings. The molecule has 3 atom stereocenters. The van der Waals surface area contributed by atoms with E-state index in [0.717, 1.165) is 68.2 Å². The fraction of sp³-hybridized carbons (Fsp3) is 0.850. The number of methoxy groups -OCH3 is 1. The molecule has 0 amide bonds. The van der Waals surface area contributed by atoms with Gasteiger partial charge in [-0.05, 0) is 38.0 Å². The van der Waals surface area contributed by atoms with E-state index in [1.54, 1.807) is 7.11 Å². The fourth-order valence-corrected chi connectivity index (χ4v) is 5.19. The molecule has 8 nitrogen and oxygen atoms in total. The Hall–Kier alpha value is -0.940. The van der Waals surface area contributed by atoms with Gasteiger partial charge in [0, 0.05) is 52.9 Å². The van der Waals surface area contributed by atoms with Gasteiger partial charge in [-0.25, -0.2) is 4.99 Å². The molecule has 3 unspecified atom stereocenters. The lowest BCUT2D eigenvalue weighted by Gasteiger charge is -2.42. The van der Waals surface area contributed by atoms with Crippen LogP contribution in [0, 0.1) is 18.8 Å². The summed E-state index contributed by atoms with van der Waals surface area (Å²) in [5.74, 6) is 4.74. The molecule has 0 radical (unpaired) electrons. The molecule has 0 aromatic carbocycles. The maximum absolute atomic E-state index is 5.21. The van der Waals surface area contributed by atoms with Gasteiger partial charge in [0.1, 0.15) is 12.4 Å². The van der Waals surface area contributed by atoms with E-state index in [1.807, 2.05) is 18.5 Å². The van der Waals surface area contributed by atoms with E-state index >= 15 is 0 Å². The van der Waals surface area contributed by atoms with Crippen LogP contribution >= 0.6 is 24.0 Å². The van der Waals surface area contributed by atoms with E-state index in [0.29, 0.717) is 13.2 Å². The Morgan fingerprint density at radius 3 is 2.55 bits per heavy atom. The lowest BCUT2D eigenvalue weighted by atomic mass is 9.93. The van der Waals surface area contributed by atoms with Crippen LogP contribution in [0.2, 0.25) is 0 Å². The van der Waals surface area contributed by atoms with Crippen LogP contribution in [0.1, 0.15) is 37.3 Å². The first-order valence-corrected chi connectivity index (χ1v) is 10.8. The van der Waals surface area contributed by atoms with Crippen LogP contribution < -0.4 is 5.32 Å². The SMILES string of the molecule is COCCNC(=NCc1nnc(C)n1C)N1CCN(C2CC3CCC2C3)CC1.I. The maximum Gasteiger partial charge on any atom is 0.194 e. The number of aryl methyl sites for hydroxylation is 1. The fourth-order valence-electron chi connectivity index (χ4n) is 5.19. The second kappa shape index (κ2) is 10.4. The van der Waals surface area contributed by atoms with E-state index in [-0.39, 0.29) is 24.0 Å². The zero-order valence-electron chi connectivity index (χ0n) is 18.0. The van der Waals surface area contributed by atoms with Crippen LogP contribution in [-0.2, 0) is 18.3 Å². The van der Waals surface area contributed by atoms with Crippen molar-refractivity contribution < 1.29 is 4.74 Å². The third kappa shape index (κ3) is 5.22. The molecule has 164 valence electrons. The van der Waals surface area contributed by atoms with Crippen molar-refractivity contribution in [1.82, 2.24) is 29.9 Å². The quantitative estimate of drug-likeness (QED) is 0.268. The molecule has 3 aliphatic rings. The second-order valence-corrected chi connectivity index (χ2v) is 8.55. The summed E-state index contributed by atoms with van der Waals surface area (Å²) >= 11 is 0. The average Bonchev–Trinajstić information content (AvgIpc) is 3.43. The zero-order valence-corrected chi connectivity index (χ0v) is 20.3. The summed E-state index contributed by atoms with van der Waals surface area (Å²) in [6.45, 7) is 8.29. The van der Waals surface area contributed by atoms with Gasteiger partial charge in [0.05, 0.1) is 6.61 Å². The largest absolute Gasteiger partial charge is 0.383 e. The highest BCUT2D eigenvalue weighted by Crippen LogP contribution is 2.46. The van der Waals surface area contributed by atoms with Gasteiger partial charge < -0.3 is 19.5 Å². The second-order valence-electron chi connectivity index (χ2n) is 8.55. The predicted molar refractivity (Wildman–Crippen MR) is 125 cm³/mol. The molecular formula is C20H36IN7O. The summed E-state index contributed by atoms with van der Waals surface area (Å²) in [6.07, 6.45) is 5.84. The van der Waals surface area contributed by atoms with Gasteiger partial charge >= 0.3 is 0 Å². The van der Waals surface area contributed by atoms with Crippen molar-refractivity contribution in [3.05, 3.63) is 11.6 Å². The Morgan fingerprint density at radius 1 is 1.17 bits per heavy atom. The van der Waals surface area contributed by atoms with Crippen LogP contribution in [0.4, 0.5) is 0 Å². The van der Waals surface area contributed by atoms with Gasteiger partial charge in [0.2, 0.25) is 0 Å². The Bertz CT molecular complexity index is 686. The van der Waals surface area contributed by atoms with E-state index in [1.165, 1.54) is 25.7 Å². The summed E-state index contributed by atoms with van der Waals surface area (Å²) < 4.78 is 7.21. The smallest absolute Gasteiger partial charge is 0.194 e. The first-order valence-electron chi connectivity index (χ1n) is 10.8. The van der Waals surface area contributed by atoms with Crippen molar-refractivity contribution >= 4 is 29.9 Å². The van der Waals surface area contributed by atoms with Crippen LogP contribution in [-0.4, -0.2) is 83.0 Å². The number of rotatable bonds is 6. The maximum atomic E-state index is 5.21. The number of nitrogens with one attached hydrogen (secondary N) is 1. The van der Waals surface area contributed by atoms with Gasteiger partial charge in [0.15, 0.2) is 11.8 Å². The summed E-state index contributed by atoms with van der Waals surface area (Å²) in [4.78, 5) is 10.00. The molecule has 1 aromatic heterocycles. The lowest BCUT2D eigenvalue weighted by Crippen LogP contribution is -2.55. The van der Waals surface area contributed by atoms with Crippen molar-refractivity contribution in [2.24, 2.45) is 23.9 Å².